The number of anilines is 3. The van der Waals surface area contributed by atoms with Crippen LogP contribution in [0.4, 0.5) is 26.4 Å². The van der Waals surface area contributed by atoms with Gasteiger partial charge >= 0.3 is 0 Å². The molecule has 0 atom stereocenters. The minimum Gasteiger partial charge on any atom is -0.368 e. The molecule has 136 valence electrons. The predicted octanol–water partition coefficient (Wildman–Crippen LogP) is 3.78. The molecule has 0 aliphatic rings. The maximum atomic E-state index is 14.0. The van der Waals surface area contributed by atoms with Crippen molar-refractivity contribution in [2.45, 2.75) is 6.92 Å². The van der Waals surface area contributed by atoms with Crippen molar-refractivity contribution in [2.75, 3.05) is 11.1 Å². The number of halogens is 3. The maximum absolute atomic E-state index is 14.0. The Morgan fingerprint density at radius 1 is 1.04 bits per heavy atom. The van der Waals surface area contributed by atoms with Crippen molar-refractivity contribution in [1.29, 1.82) is 0 Å². The van der Waals surface area contributed by atoms with Gasteiger partial charge in [-0.15, -0.1) is 0 Å². The van der Waals surface area contributed by atoms with Gasteiger partial charge in [0.2, 0.25) is 17.8 Å². The SMILES string of the molecule is Cc1nc2c(F)cc(F)cc2n1-c1nc(N)nc(Nc2ccc(Cl)cc2)n1. The second kappa shape index (κ2) is 6.44. The number of nitrogens with zero attached hydrogens (tertiary/aromatic N) is 5. The van der Waals surface area contributed by atoms with Gasteiger partial charge in [-0.1, -0.05) is 11.6 Å². The number of hydrogen-bond acceptors (Lipinski definition) is 6. The van der Waals surface area contributed by atoms with Crippen molar-refractivity contribution < 1.29 is 8.78 Å². The highest BCUT2D eigenvalue weighted by Crippen LogP contribution is 2.24. The Morgan fingerprint density at radius 3 is 2.52 bits per heavy atom. The molecule has 0 fully saturated rings. The van der Waals surface area contributed by atoms with Crippen molar-refractivity contribution in [3.8, 4) is 5.95 Å². The summed E-state index contributed by atoms with van der Waals surface area (Å²) in [5.41, 5.74) is 6.67. The summed E-state index contributed by atoms with van der Waals surface area (Å²) < 4.78 is 29.1. The number of nitrogens with one attached hydrogen (secondary N) is 1. The molecule has 0 radical (unpaired) electrons. The van der Waals surface area contributed by atoms with Crippen molar-refractivity contribution in [2.24, 2.45) is 0 Å². The maximum Gasteiger partial charge on any atom is 0.242 e. The van der Waals surface area contributed by atoms with Crippen molar-refractivity contribution in [3.05, 3.63) is 58.9 Å². The molecule has 0 amide bonds. The first-order valence-corrected chi connectivity index (χ1v) is 8.17. The number of benzene rings is 2. The molecule has 0 spiro atoms. The van der Waals surface area contributed by atoms with Crippen LogP contribution >= 0.6 is 11.6 Å². The van der Waals surface area contributed by atoms with Crippen LogP contribution in [0, 0.1) is 18.6 Å². The van der Waals surface area contributed by atoms with Crippen molar-refractivity contribution in [1.82, 2.24) is 24.5 Å². The Bertz CT molecular complexity index is 1160. The molecule has 0 bridgehead atoms. The quantitative estimate of drug-likeness (QED) is 0.555. The van der Waals surface area contributed by atoms with Crippen LogP contribution in [0.2, 0.25) is 5.02 Å². The third-order valence-corrected chi connectivity index (χ3v) is 4.04. The second-order valence-electron chi connectivity index (χ2n) is 5.70. The largest absolute Gasteiger partial charge is 0.368 e. The molecule has 0 unspecified atom stereocenters. The van der Waals surface area contributed by atoms with Gasteiger partial charge in [0.05, 0.1) is 5.52 Å². The van der Waals surface area contributed by atoms with Gasteiger partial charge in [-0.2, -0.15) is 15.0 Å². The highest BCUT2D eigenvalue weighted by molar-refractivity contribution is 6.30. The molecular weight excluding hydrogens is 376 g/mol. The Balaban J connectivity index is 1.83. The average molecular weight is 388 g/mol. The molecule has 10 heteroatoms. The average Bonchev–Trinajstić information content (AvgIpc) is 2.93. The number of imidazole rings is 1. The monoisotopic (exact) mass is 387 g/mol. The molecule has 0 aliphatic heterocycles. The number of rotatable bonds is 3. The first-order chi connectivity index (χ1) is 12.9. The third-order valence-electron chi connectivity index (χ3n) is 3.79. The van der Waals surface area contributed by atoms with Crippen LogP contribution in [0.25, 0.3) is 17.0 Å². The molecule has 0 aliphatic carbocycles. The zero-order chi connectivity index (χ0) is 19.1. The van der Waals surface area contributed by atoms with E-state index in [0.717, 1.165) is 12.1 Å². The van der Waals surface area contributed by atoms with Gasteiger partial charge in [0.25, 0.3) is 0 Å². The number of nitrogens with two attached hydrogens (primary N) is 1. The zero-order valence-corrected chi connectivity index (χ0v) is 14.7. The summed E-state index contributed by atoms with van der Waals surface area (Å²) in [4.78, 5) is 16.5. The molecule has 3 N–H and O–H groups in total. The molecule has 2 heterocycles. The lowest BCUT2D eigenvalue weighted by Gasteiger charge is -2.09. The first-order valence-electron chi connectivity index (χ1n) is 7.79. The summed E-state index contributed by atoms with van der Waals surface area (Å²) in [6.45, 7) is 1.63. The van der Waals surface area contributed by atoms with Gasteiger partial charge in [-0.25, -0.2) is 13.8 Å². The number of aryl methyl sites for hydroxylation is 1. The number of hydrogen-bond donors (Lipinski definition) is 2. The molecule has 2 aromatic carbocycles. The molecule has 0 saturated carbocycles. The number of fused-ring (bicyclic) bond motifs is 1. The number of aromatic nitrogens is 5. The van der Waals surface area contributed by atoms with E-state index < -0.39 is 11.6 Å². The summed E-state index contributed by atoms with van der Waals surface area (Å²) in [6.07, 6.45) is 0. The van der Waals surface area contributed by atoms with E-state index in [9.17, 15) is 8.78 Å². The summed E-state index contributed by atoms with van der Waals surface area (Å²) in [5.74, 6) is -0.940. The topological polar surface area (TPSA) is 94.5 Å². The lowest BCUT2D eigenvalue weighted by molar-refractivity contribution is 0.590. The molecule has 2 aromatic heterocycles. The predicted molar refractivity (Wildman–Crippen MR) is 98.3 cm³/mol. The van der Waals surface area contributed by atoms with Gasteiger partial charge < -0.3 is 11.1 Å². The van der Waals surface area contributed by atoms with Crippen LogP contribution in [0.15, 0.2) is 36.4 Å². The van der Waals surface area contributed by atoms with E-state index in [-0.39, 0.29) is 28.9 Å². The fourth-order valence-corrected chi connectivity index (χ4v) is 2.80. The van der Waals surface area contributed by atoms with Crippen molar-refractivity contribution >= 4 is 40.2 Å². The Morgan fingerprint density at radius 2 is 1.78 bits per heavy atom. The van der Waals surface area contributed by atoms with Gasteiger partial charge in [-0.05, 0) is 31.2 Å². The van der Waals surface area contributed by atoms with E-state index in [1.54, 1.807) is 31.2 Å². The van der Waals surface area contributed by atoms with Gasteiger partial charge in [0, 0.05) is 22.8 Å². The minimum atomic E-state index is -0.770. The van der Waals surface area contributed by atoms with E-state index >= 15 is 0 Å². The molecule has 0 saturated heterocycles. The first kappa shape index (κ1) is 17.1. The molecular formula is C17H12ClF2N7. The lowest BCUT2D eigenvalue weighted by atomic mass is 10.3. The van der Waals surface area contributed by atoms with Crippen LogP contribution in [0.1, 0.15) is 5.82 Å². The Hall–Kier alpha value is -3.33. The summed E-state index contributed by atoms with van der Waals surface area (Å²) >= 11 is 5.87. The fraction of sp³-hybridized carbons (Fsp3) is 0.0588. The fourth-order valence-electron chi connectivity index (χ4n) is 2.67. The second-order valence-corrected chi connectivity index (χ2v) is 6.14. The van der Waals surface area contributed by atoms with Gasteiger partial charge in [0.15, 0.2) is 5.82 Å². The van der Waals surface area contributed by atoms with Crippen LogP contribution in [-0.4, -0.2) is 24.5 Å². The summed E-state index contributed by atoms with van der Waals surface area (Å²) in [7, 11) is 0. The summed E-state index contributed by atoms with van der Waals surface area (Å²) in [6, 6.07) is 8.82. The molecule has 4 aromatic rings. The van der Waals surface area contributed by atoms with E-state index in [0.29, 0.717) is 16.5 Å². The minimum absolute atomic E-state index is 0.0140. The van der Waals surface area contributed by atoms with Crippen LogP contribution in [0.5, 0.6) is 0 Å². The lowest BCUT2D eigenvalue weighted by Crippen LogP contribution is -2.10. The normalized spacial score (nSPS) is 11.1. The van der Waals surface area contributed by atoms with Crippen molar-refractivity contribution in [3.63, 3.8) is 0 Å². The van der Waals surface area contributed by atoms with E-state index in [4.69, 9.17) is 17.3 Å². The van der Waals surface area contributed by atoms with Crippen LogP contribution in [0.3, 0.4) is 0 Å². The van der Waals surface area contributed by atoms with Gasteiger partial charge in [0.1, 0.15) is 17.2 Å². The summed E-state index contributed by atoms with van der Waals surface area (Å²) in [5, 5.41) is 3.57. The van der Waals surface area contributed by atoms with Crippen LogP contribution < -0.4 is 11.1 Å². The van der Waals surface area contributed by atoms with E-state index in [1.807, 2.05) is 0 Å². The van der Waals surface area contributed by atoms with Gasteiger partial charge in [-0.3, -0.25) is 4.57 Å². The van der Waals surface area contributed by atoms with E-state index in [2.05, 4.69) is 25.3 Å². The number of nitrogen functional groups attached to an aromatic ring is 1. The standard InChI is InChI=1S/C17H12ClF2N7/c1-8-22-14-12(20)6-10(19)7-13(14)27(8)17-25-15(21)24-16(26-17)23-11-4-2-9(18)3-5-11/h2-7H,1H3,(H3,21,23,24,25,26). The molecule has 27 heavy (non-hydrogen) atoms. The van der Waals surface area contributed by atoms with Crippen LogP contribution in [-0.2, 0) is 0 Å². The molecule has 7 nitrogen and oxygen atoms in total. The van der Waals surface area contributed by atoms with E-state index in [1.165, 1.54) is 4.57 Å². The Kier molecular flexibility index (Phi) is 4.08. The zero-order valence-electron chi connectivity index (χ0n) is 13.9. The molecule has 4 rings (SSSR count). The smallest absolute Gasteiger partial charge is 0.242 e. The highest BCUT2D eigenvalue weighted by atomic mass is 35.5. The highest BCUT2D eigenvalue weighted by Gasteiger charge is 2.17. The third kappa shape index (κ3) is 3.24. The Labute approximate surface area is 156 Å².